The monoisotopic (exact) mass is 396 g/mol. The fourth-order valence-corrected chi connectivity index (χ4v) is 3.94. The molecule has 1 aromatic carbocycles. The predicted octanol–water partition coefficient (Wildman–Crippen LogP) is 2.29. The van der Waals surface area contributed by atoms with Gasteiger partial charge in [0.15, 0.2) is 5.78 Å². The lowest BCUT2D eigenvalue weighted by atomic mass is 9.78. The van der Waals surface area contributed by atoms with Crippen LogP contribution < -0.4 is 10.5 Å². The zero-order chi connectivity index (χ0) is 18.6. The molecule has 0 aromatic heterocycles. The van der Waals surface area contributed by atoms with Crippen LogP contribution in [0.2, 0.25) is 0 Å². The highest BCUT2D eigenvalue weighted by Crippen LogP contribution is 2.33. The van der Waals surface area contributed by atoms with Crippen molar-refractivity contribution in [2.45, 2.75) is 25.7 Å². The predicted molar refractivity (Wildman–Crippen MR) is 105 cm³/mol. The van der Waals surface area contributed by atoms with E-state index in [9.17, 15) is 9.59 Å². The molecule has 0 unspecified atom stereocenters. The van der Waals surface area contributed by atoms with Gasteiger partial charge < -0.3 is 20.1 Å². The van der Waals surface area contributed by atoms with Crippen LogP contribution in [0.15, 0.2) is 24.3 Å². The smallest absolute Gasteiger partial charge is 0.230 e. The largest absolute Gasteiger partial charge is 0.497 e. The van der Waals surface area contributed by atoms with Gasteiger partial charge in [-0.1, -0.05) is 0 Å². The van der Waals surface area contributed by atoms with Crippen LogP contribution >= 0.6 is 12.4 Å². The molecular formula is C20H29ClN2O4. The number of carbonyl (C=O) groups is 2. The number of likely N-dealkylation sites (tertiary alicyclic amines) is 1. The quantitative estimate of drug-likeness (QED) is 0.772. The Hall–Kier alpha value is -1.63. The molecule has 0 aliphatic carbocycles. The van der Waals surface area contributed by atoms with Crippen molar-refractivity contribution in [2.24, 2.45) is 17.1 Å². The van der Waals surface area contributed by atoms with Crippen LogP contribution in [0.1, 0.15) is 36.0 Å². The number of ether oxygens (including phenoxy) is 2. The summed E-state index contributed by atoms with van der Waals surface area (Å²) < 4.78 is 10.5. The fourth-order valence-electron chi connectivity index (χ4n) is 3.94. The van der Waals surface area contributed by atoms with E-state index in [1.165, 1.54) is 0 Å². The minimum atomic E-state index is -0.481. The topological polar surface area (TPSA) is 81.9 Å². The average Bonchev–Trinajstić information content (AvgIpc) is 2.73. The maximum Gasteiger partial charge on any atom is 0.230 e. The normalized spacial score (nSPS) is 19.9. The van der Waals surface area contributed by atoms with Crippen molar-refractivity contribution >= 4 is 24.1 Å². The van der Waals surface area contributed by atoms with Gasteiger partial charge >= 0.3 is 0 Å². The number of piperidine rings is 1. The third kappa shape index (κ3) is 4.62. The van der Waals surface area contributed by atoms with Crippen LogP contribution in [0.3, 0.4) is 0 Å². The number of methoxy groups -OCH3 is 1. The Balaban J connectivity index is 0.00000261. The number of amides is 1. The molecule has 0 atom stereocenters. The average molecular weight is 397 g/mol. The SMILES string of the molecule is COc1ccc(C(=O)C2CCN(C(=O)C3(CN)CCOCC3)CC2)cc1.Cl. The van der Waals surface area contributed by atoms with Crippen LogP contribution in [-0.2, 0) is 9.53 Å². The zero-order valence-electron chi connectivity index (χ0n) is 15.8. The lowest BCUT2D eigenvalue weighted by Gasteiger charge is -2.41. The van der Waals surface area contributed by atoms with Gasteiger partial charge in [0.2, 0.25) is 5.91 Å². The van der Waals surface area contributed by atoms with Crippen LogP contribution in [0.5, 0.6) is 5.75 Å². The Morgan fingerprint density at radius 3 is 2.30 bits per heavy atom. The zero-order valence-corrected chi connectivity index (χ0v) is 16.6. The van der Waals surface area contributed by atoms with Crippen LogP contribution in [0, 0.1) is 11.3 Å². The second kappa shape index (κ2) is 9.53. The Kier molecular flexibility index (Phi) is 7.65. The van der Waals surface area contributed by atoms with Crippen molar-refractivity contribution in [1.82, 2.24) is 4.90 Å². The summed E-state index contributed by atoms with van der Waals surface area (Å²) in [7, 11) is 1.61. The van der Waals surface area contributed by atoms with Gasteiger partial charge in [-0.3, -0.25) is 9.59 Å². The molecule has 150 valence electrons. The maximum absolute atomic E-state index is 13.0. The van der Waals surface area contributed by atoms with E-state index in [1.807, 2.05) is 29.2 Å². The summed E-state index contributed by atoms with van der Waals surface area (Å²) >= 11 is 0. The first kappa shape index (κ1) is 21.7. The molecule has 2 heterocycles. The summed E-state index contributed by atoms with van der Waals surface area (Å²) in [6.07, 6.45) is 2.78. The molecule has 7 heteroatoms. The molecule has 2 fully saturated rings. The number of Topliss-reactive ketones (excluding diaryl/α,β-unsaturated/α-hetero) is 1. The van der Waals surface area contributed by atoms with Crippen LogP contribution in [0.4, 0.5) is 0 Å². The van der Waals surface area contributed by atoms with Crippen LogP contribution in [0.25, 0.3) is 0 Å². The minimum Gasteiger partial charge on any atom is -0.497 e. The number of carbonyl (C=O) groups excluding carboxylic acids is 2. The van der Waals surface area contributed by atoms with E-state index in [2.05, 4.69) is 0 Å². The van der Waals surface area contributed by atoms with Crippen molar-refractivity contribution < 1.29 is 19.1 Å². The first-order valence-corrected chi connectivity index (χ1v) is 9.35. The summed E-state index contributed by atoms with van der Waals surface area (Å²) in [5.74, 6) is 1.000. The maximum atomic E-state index is 13.0. The summed E-state index contributed by atoms with van der Waals surface area (Å²) in [4.78, 5) is 27.6. The molecule has 3 rings (SSSR count). The number of benzene rings is 1. The summed E-state index contributed by atoms with van der Waals surface area (Å²) in [6.45, 7) is 2.78. The fraction of sp³-hybridized carbons (Fsp3) is 0.600. The number of rotatable bonds is 5. The summed E-state index contributed by atoms with van der Waals surface area (Å²) in [5, 5.41) is 0. The molecule has 2 N–H and O–H groups in total. The molecule has 2 saturated heterocycles. The van der Waals surface area contributed by atoms with E-state index in [0.29, 0.717) is 64.1 Å². The van der Waals surface area contributed by atoms with Gasteiger partial charge in [-0.25, -0.2) is 0 Å². The number of halogens is 1. The third-order valence-corrected chi connectivity index (χ3v) is 5.82. The first-order chi connectivity index (χ1) is 12.6. The van der Waals surface area contributed by atoms with E-state index in [-0.39, 0.29) is 30.0 Å². The number of hydrogen-bond donors (Lipinski definition) is 1. The number of nitrogens with zero attached hydrogens (tertiary/aromatic N) is 1. The lowest BCUT2D eigenvalue weighted by molar-refractivity contribution is -0.148. The molecule has 1 aromatic rings. The summed E-state index contributed by atoms with van der Waals surface area (Å²) in [6, 6.07) is 7.23. The Morgan fingerprint density at radius 1 is 1.19 bits per heavy atom. The van der Waals surface area contributed by atoms with Gasteiger partial charge in [-0.15, -0.1) is 12.4 Å². The Morgan fingerprint density at radius 2 is 1.78 bits per heavy atom. The minimum absolute atomic E-state index is 0. The van der Waals surface area contributed by atoms with Gasteiger partial charge in [0.25, 0.3) is 0 Å². The van der Waals surface area contributed by atoms with E-state index in [1.54, 1.807) is 7.11 Å². The van der Waals surface area contributed by atoms with Gasteiger partial charge in [0.1, 0.15) is 5.75 Å². The lowest BCUT2D eigenvalue weighted by Crippen LogP contribution is -2.53. The van der Waals surface area contributed by atoms with Gasteiger partial charge in [0.05, 0.1) is 12.5 Å². The van der Waals surface area contributed by atoms with Crippen molar-refractivity contribution in [3.63, 3.8) is 0 Å². The summed E-state index contributed by atoms with van der Waals surface area (Å²) in [5.41, 5.74) is 6.18. The number of nitrogens with two attached hydrogens (primary N) is 1. The first-order valence-electron chi connectivity index (χ1n) is 9.35. The van der Waals surface area contributed by atoms with Crippen molar-refractivity contribution in [3.8, 4) is 5.75 Å². The van der Waals surface area contributed by atoms with Crippen molar-refractivity contribution in [2.75, 3.05) is 40.0 Å². The van der Waals surface area contributed by atoms with E-state index < -0.39 is 5.41 Å². The standard InChI is InChI=1S/C20H28N2O4.ClH/c1-25-17-4-2-15(3-5-17)18(23)16-6-10-22(11-7-16)19(24)20(14-21)8-12-26-13-9-20;/h2-5,16H,6-14,21H2,1H3;1H. The molecule has 0 spiro atoms. The Labute approximate surface area is 166 Å². The van der Waals surface area contributed by atoms with E-state index in [4.69, 9.17) is 15.2 Å². The second-order valence-corrected chi connectivity index (χ2v) is 7.26. The molecule has 6 nitrogen and oxygen atoms in total. The highest BCUT2D eigenvalue weighted by molar-refractivity contribution is 5.98. The van der Waals surface area contributed by atoms with Gasteiger partial charge in [-0.2, -0.15) is 0 Å². The highest BCUT2D eigenvalue weighted by Gasteiger charge is 2.42. The van der Waals surface area contributed by atoms with Crippen molar-refractivity contribution in [1.29, 1.82) is 0 Å². The van der Waals surface area contributed by atoms with E-state index >= 15 is 0 Å². The molecular weight excluding hydrogens is 368 g/mol. The number of hydrogen-bond acceptors (Lipinski definition) is 5. The molecule has 0 saturated carbocycles. The second-order valence-electron chi connectivity index (χ2n) is 7.26. The van der Waals surface area contributed by atoms with Gasteiger partial charge in [-0.05, 0) is 49.9 Å². The van der Waals surface area contributed by atoms with Crippen molar-refractivity contribution in [3.05, 3.63) is 29.8 Å². The third-order valence-electron chi connectivity index (χ3n) is 5.82. The molecule has 1 amide bonds. The highest BCUT2D eigenvalue weighted by atomic mass is 35.5. The number of ketones is 1. The molecule has 27 heavy (non-hydrogen) atoms. The molecule has 2 aliphatic heterocycles. The molecule has 0 bridgehead atoms. The van der Waals surface area contributed by atoms with E-state index in [0.717, 1.165) is 5.75 Å². The Bertz CT molecular complexity index is 636. The molecule has 0 radical (unpaired) electrons. The van der Waals surface area contributed by atoms with Crippen LogP contribution in [-0.4, -0.2) is 56.5 Å². The molecule has 2 aliphatic rings. The van der Waals surface area contributed by atoms with Gasteiger partial charge in [0, 0.05) is 44.3 Å².